The molecule has 8 aliphatic carbocycles. The molecule has 8 saturated carbocycles. The molecule has 8 atom stereocenters. The fourth-order valence-electron chi connectivity index (χ4n) is 14.2. The van der Waals surface area contributed by atoms with Crippen molar-refractivity contribution in [1.29, 1.82) is 0 Å². The fraction of sp³-hybridized carbons (Fsp3) is 0.911. The minimum atomic E-state index is -1.33. The molecule has 0 radical (unpaired) electrons. The molecule has 8 unspecified atom stereocenters. The van der Waals surface area contributed by atoms with Crippen LogP contribution in [0.1, 0.15) is 172 Å². The van der Waals surface area contributed by atoms with Crippen LogP contribution in [0.15, 0.2) is 0 Å². The van der Waals surface area contributed by atoms with Gasteiger partial charge < -0.3 is 29.2 Å². The summed E-state index contributed by atoms with van der Waals surface area (Å²) in [4.78, 5) is 56.2. The van der Waals surface area contributed by atoms with Crippen molar-refractivity contribution < 1.29 is 48.3 Å². The Morgan fingerprint density at radius 3 is 1.75 bits per heavy atom. The molecule has 9 rings (SSSR count). The first-order chi connectivity index (χ1) is 25.2. The Kier molecular flexibility index (Phi) is 9.61. The van der Waals surface area contributed by atoms with Crippen LogP contribution in [0.3, 0.4) is 0 Å². The van der Waals surface area contributed by atoms with E-state index in [0.717, 1.165) is 51.4 Å². The normalized spacial score (nSPS) is 41.6. The molecule has 9 aliphatic rings. The van der Waals surface area contributed by atoms with Crippen LogP contribution in [0, 0.1) is 51.2 Å². The lowest BCUT2D eigenvalue weighted by atomic mass is 9.43. The van der Waals surface area contributed by atoms with Crippen molar-refractivity contribution in [2.75, 3.05) is 0 Å². The number of carbonyl (C=O) groups excluding carboxylic acids is 4. The van der Waals surface area contributed by atoms with Crippen molar-refractivity contribution in [3.63, 3.8) is 0 Å². The molecule has 0 aromatic carbocycles. The van der Waals surface area contributed by atoms with Gasteiger partial charge in [0.1, 0.15) is 16.8 Å². The molecule has 0 amide bonds. The van der Waals surface area contributed by atoms with Crippen LogP contribution in [0.2, 0.25) is 0 Å². The lowest BCUT2D eigenvalue weighted by Gasteiger charge is -2.65. The Morgan fingerprint density at radius 1 is 0.764 bits per heavy atom. The van der Waals surface area contributed by atoms with Gasteiger partial charge in [0.2, 0.25) is 0 Å². The monoisotopic (exact) mass is 770 g/mol. The Labute approximate surface area is 328 Å². The van der Waals surface area contributed by atoms with Gasteiger partial charge in [-0.05, 0) is 168 Å². The number of hydrogen-bond donors (Lipinski definition) is 2. The first-order valence-electron chi connectivity index (χ1n) is 21.5. The first-order valence-corrected chi connectivity index (χ1v) is 21.5. The number of rotatable bonds is 13. The third-order valence-corrected chi connectivity index (χ3v) is 16.5. The zero-order valence-electron chi connectivity index (χ0n) is 35.4. The summed E-state index contributed by atoms with van der Waals surface area (Å²) in [7, 11) is 0. The first kappa shape index (κ1) is 41.0. The molecule has 10 heteroatoms. The fourth-order valence-corrected chi connectivity index (χ4v) is 14.2. The van der Waals surface area contributed by atoms with Crippen LogP contribution in [0.5, 0.6) is 0 Å². The number of aliphatic hydroxyl groups is 2. The number of ether oxygens (including phenoxy) is 4. The Morgan fingerprint density at radius 2 is 1.29 bits per heavy atom. The summed E-state index contributed by atoms with van der Waals surface area (Å²) in [5.41, 5.74) is -8.18. The Bertz CT molecular complexity index is 1570. The second-order valence-corrected chi connectivity index (χ2v) is 22.8. The van der Waals surface area contributed by atoms with Crippen molar-refractivity contribution in [2.24, 2.45) is 51.2 Å². The number of hydrogen-bond acceptors (Lipinski definition) is 10. The second kappa shape index (κ2) is 12.9. The summed E-state index contributed by atoms with van der Waals surface area (Å²) in [5, 5.41) is 23.2. The average molecular weight is 771 g/mol. The van der Waals surface area contributed by atoms with Gasteiger partial charge in [-0.3, -0.25) is 19.2 Å². The molecule has 0 aromatic rings. The molecule has 1 heterocycles. The van der Waals surface area contributed by atoms with Crippen LogP contribution in [0.25, 0.3) is 0 Å². The van der Waals surface area contributed by atoms with E-state index in [2.05, 4.69) is 20.8 Å². The van der Waals surface area contributed by atoms with E-state index in [4.69, 9.17) is 18.9 Å². The molecular weight excluding hydrogens is 700 g/mol. The highest BCUT2D eigenvalue weighted by Crippen LogP contribution is 2.67. The van der Waals surface area contributed by atoms with Crippen molar-refractivity contribution in [3.05, 3.63) is 0 Å². The predicted octanol–water partition coefficient (Wildman–Crippen LogP) is 7.77. The largest absolute Gasteiger partial charge is 0.459 e. The maximum atomic E-state index is 15.0. The third kappa shape index (κ3) is 7.07. The third-order valence-electron chi connectivity index (χ3n) is 16.5. The highest BCUT2D eigenvalue weighted by molar-refractivity contribution is 5.83. The summed E-state index contributed by atoms with van der Waals surface area (Å²) < 4.78 is 25.0. The summed E-state index contributed by atoms with van der Waals surface area (Å²) in [6.45, 7) is 18.8. The molecule has 1 aliphatic heterocycles. The van der Waals surface area contributed by atoms with Gasteiger partial charge in [0.05, 0.1) is 33.9 Å². The maximum Gasteiger partial charge on any atom is 0.312 e. The van der Waals surface area contributed by atoms with E-state index in [9.17, 15) is 24.6 Å². The molecule has 9 fully saturated rings. The van der Waals surface area contributed by atoms with E-state index in [1.54, 1.807) is 27.7 Å². The highest BCUT2D eigenvalue weighted by Gasteiger charge is 2.66. The molecule has 55 heavy (non-hydrogen) atoms. The smallest absolute Gasteiger partial charge is 0.312 e. The topological polar surface area (TPSA) is 146 Å². The molecule has 2 N–H and O–H groups in total. The number of cyclic esters (lactones) is 1. The summed E-state index contributed by atoms with van der Waals surface area (Å²) >= 11 is 0. The van der Waals surface area contributed by atoms with Crippen LogP contribution in [-0.4, -0.2) is 68.2 Å². The summed E-state index contributed by atoms with van der Waals surface area (Å²) in [6, 6.07) is 0. The summed E-state index contributed by atoms with van der Waals surface area (Å²) in [6.07, 6.45) is 9.25. The number of esters is 4. The molecule has 10 nitrogen and oxygen atoms in total. The van der Waals surface area contributed by atoms with E-state index >= 15 is 4.79 Å². The Hall–Kier alpha value is -2.20. The van der Waals surface area contributed by atoms with Crippen LogP contribution >= 0.6 is 0 Å². The van der Waals surface area contributed by atoms with E-state index < -0.39 is 68.3 Å². The molecule has 8 bridgehead atoms. The van der Waals surface area contributed by atoms with E-state index in [1.807, 2.05) is 20.8 Å². The van der Waals surface area contributed by atoms with E-state index in [0.29, 0.717) is 55.8 Å². The van der Waals surface area contributed by atoms with Crippen LogP contribution < -0.4 is 0 Å². The standard InChI is InChI=1S/C45H70O10/c1-11-39(8,35(48)54-41(10,27(2)3)42-15-28-12-29(16-42)18-43(50,17-28)25-42)24-40(9,23-37(4,5)34(47)52-32-14-33(46)53-38(32,6)7)36(49)55-45-21-30-13-31(22-45)20-44(51,19-30)26-45/h27-32,50-51H,11-26H2,1-10H3. The van der Waals surface area contributed by atoms with Crippen molar-refractivity contribution >= 4 is 23.9 Å². The quantitative estimate of drug-likeness (QED) is 0.141. The molecule has 310 valence electrons. The minimum absolute atomic E-state index is 0.0138. The molecular formula is C45H70O10. The minimum Gasteiger partial charge on any atom is -0.459 e. The van der Waals surface area contributed by atoms with Gasteiger partial charge >= 0.3 is 23.9 Å². The van der Waals surface area contributed by atoms with Crippen molar-refractivity contribution in [2.45, 2.75) is 206 Å². The van der Waals surface area contributed by atoms with Gasteiger partial charge in [0.25, 0.3) is 0 Å². The predicted molar refractivity (Wildman–Crippen MR) is 204 cm³/mol. The van der Waals surface area contributed by atoms with Crippen LogP contribution in [0.4, 0.5) is 0 Å². The van der Waals surface area contributed by atoms with Gasteiger partial charge in [-0.15, -0.1) is 0 Å². The van der Waals surface area contributed by atoms with Crippen molar-refractivity contribution in [3.8, 4) is 0 Å². The Balaban J connectivity index is 1.18. The van der Waals surface area contributed by atoms with E-state index in [1.165, 1.54) is 0 Å². The van der Waals surface area contributed by atoms with Gasteiger partial charge in [0, 0.05) is 11.8 Å². The van der Waals surface area contributed by atoms with Gasteiger partial charge in [-0.2, -0.15) is 0 Å². The van der Waals surface area contributed by atoms with E-state index in [-0.39, 0.29) is 36.6 Å². The maximum absolute atomic E-state index is 15.0. The SMILES string of the molecule is CCC(C)(CC(C)(CC(C)(C)C(=O)OC1CC(=O)OC1(C)C)C(=O)OC12CC3CC(CC(O)(C3)C1)C2)C(=O)OC(C)(C(C)C)C12CC3CC(CC(O)(C3)C1)C2. The summed E-state index contributed by atoms with van der Waals surface area (Å²) in [5.74, 6) is -0.417. The zero-order chi connectivity index (χ0) is 40.4. The van der Waals surface area contributed by atoms with Gasteiger partial charge in [0.15, 0.2) is 6.10 Å². The average Bonchev–Trinajstić information content (AvgIpc) is 3.27. The molecule has 1 saturated heterocycles. The van der Waals surface area contributed by atoms with Crippen LogP contribution in [-0.2, 0) is 38.1 Å². The molecule has 0 spiro atoms. The lowest BCUT2D eigenvalue weighted by molar-refractivity contribution is -0.252. The van der Waals surface area contributed by atoms with Gasteiger partial charge in [-0.1, -0.05) is 20.8 Å². The highest BCUT2D eigenvalue weighted by atomic mass is 16.6. The van der Waals surface area contributed by atoms with Crippen molar-refractivity contribution in [1.82, 2.24) is 0 Å². The lowest BCUT2D eigenvalue weighted by Crippen LogP contribution is -2.65. The second-order valence-electron chi connectivity index (χ2n) is 22.8. The zero-order valence-corrected chi connectivity index (χ0v) is 35.4. The van der Waals surface area contributed by atoms with Gasteiger partial charge in [-0.25, -0.2) is 0 Å². The molecule has 0 aromatic heterocycles. The number of carbonyl (C=O) groups is 4.